The Labute approximate surface area is 125 Å². The SMILES string of the molecule is CC(C)(NC(=O)[C@@H](N)CCCN=C(N)N)c1ccccc1. The summed E-state index contributed by atoms with van der Waals surface area (Å²) in [5.74, 6) is -0.119. The highest BCUT2D eigenvalue weighted by molar-refractivity contribution is 5.82. The van der Waals surface area contributed by atoms with Crippen LogP contribution < -0.4 is 22.5 Å². The first-order valence-electron chi connectivity index (χ1n) is 7.01. The van der Waals surface area contributed by atoms with Crippen molar-refractivity contribution in [2.75, 3.05) is 6.54 Å². The lowest BCUT2D eigenvalue weighted by Crippen LogP contribution is -2.48. The monoisotopic (exact) mass is 291 g/mol. The second-order valence-corrected chi connectivity index (χ2v) is 5.54. The summed E-state index contributed by atoms with van der Waals surface area (Å²) in [6.07, 6.45) is 1.20. The molecule has 1 aromatic carbocycles. The van der Waals surface area contributed by atoms with Crippen LogP contribution in [0.5, 0.6) is 0 Å². The van der Waals surface area contributed by atoms with Gasteiger partial charge in [0, 0.05) is 6.54 Å². The third kappa shape index (κ3) is 5.83. The van der Waals surface area contributed by atoms with Crippen LogP contribution in [-0.4, -0.2) is 24.5 Å². The van der Waals surface area contributed by atoms with Gasteiger partial charge in [-0.25, -0.2) is 0 Å². The fraction of sp³-hybridized carbons (Fsp3) is 0.467. The van der Waals surface area contributed by atoms with Gasteiger partial charge in [0.2, 0.25) is 5.91 Å². The van der Waals surface area contributed by atoms with Gasteiger partial charge in [0.05, 0.1) is 11.6 Å². The molecule has 21 heavy (non-hydrogen) atoms. The van der Waals surface area contributed by atoms with Crippen molar-refractivity contribution < 1.29 is 4.79 Å². The first kappa shape index (κ1) is 17.0. The smallest absolute Gasteiger partial charge is 0.237 e. The van der Waals surface area contributed by atoms with Gasteiger partial charge in [-0.15, -0.1) is 0 Å². The maximum Gasteiger partial charge on any atom is 0.237 e. The van der Waals surface area contributed by atoms with E-state index in [4.69, 9.17) is 17.2 Å². The molecule has 0 heterocycles. The maximum absolute atomic E-state index is 12.1. The van der Waals surface area contributed by atoms with E-state index in [9.17, 15) is 4.79 Å². The fourth-order valence-corrected chi connectivity index (χ4v) is 1.98. The molecule has 0 bridgehead atoms. The van der Waals surface area contributed by atoms with Crippen molar-refractivity contribution in [3.8, 4) is 0 Å². The summed E-state index contributed by atoms with van der Waals surface area (Å²) in [6, 6.07) is 9.21. The number of amides is 1. The van der Waals surface area contributed by atoms with E-state index in [0.717, 1.165) is 5.56 Å². The molecule has 1 atom stereocenters. The molecule has 0 radical (unpaired) electrons. The third-order valence-electron chi connectivity index (χ3n) is 3.24. The molecular weight excluding hydrogens is 266 g/mol. The Morgan fingerprint density at radius 2 is 1.90 bits per heavy atom. The Hall–Kier alpha value is -2.08. The number of hydrogen-bond donors (Lipinski definition) is 4. The Bertz CT molecular complexity index is 480. The lowest BCUT2D eigenvalue weighted by molar-refractivity contribution is -0.124. The highest BCUT2D eigenvalue weighted by Crippen LogP contribution is 2.19. The highest BCUT2D eigenvalue weighted by Gasteiger charge is 2.25. The van der Waals surface area contributed by atoms with E-state index in [1.165, 1.54) is 0 Å². The molecule has 0 aliphatic rings. The Morgan fingerprint density at radius 3 is 2.48 bits per heavy atom. The Morgan fingerprint density at radius 1 is 1.29 bits per heavy atom. The number of benzene rings is 1. The molecule has 1 amide bonds. The van der Waals surface area contributed by atoms with Crippen molar-refractivity contribution in [2.45, 2.75) is 38.3 Å². The van der Waals surface area contributed by atoms with Crippen LogP contribution in [-0.2, 0) is 10.3 Å². The fourth-order valence-electron chi connectivity index (χ4n) is 1.98. The molecular formula is C15H25N5O. The van der Waals surface area contributed by atoms with Crippen LogP contribution in [0.15, 0.2) is 35.3 Å². The van der Waals surface area contributed by atoms with Gasteiger partial charge in [0.1, 0.15) is 0 Å². The molecule has 7 N–H and O–H groups in total. The average molecular weight is 291 g/mol. The van der Waals surface area contributed by atoms with E-state index in [1.54, 1.807) is 0 Å². The number of hydrogen-bond acceptors (Lipinski definition) is 3. The number of aliphatic imine (C=N–C) groups is 1. The zero-order valence-electron chi connectivity index (χ0n) is 12.7. The summed E-state index contributed by atoms with van der Waals surface area (Å²) in [7, 11) is 0. The molecule has 0 spiro atoms. The van der Waals surface area contributed by atoms with Crippen molar-refractivity contribution >= 4 is 11.9 Å². The number of carbonyl (C=O) groups is 1. The minimum Gasteiger partial charge on any atom is -0.370 e. The molecule has 116 valence electrons. The van der Waals surface area contributed by atoms with Crippen LogP contribution in [0.2, 0.25) is 0 Å². The number of guanidine groups is 1. The topological polar surface area (TPSA) is 120 Å². The molecule has 0 aromatic heterocycles. The van der Waals surface area contributed by atoms with E-state index in [1.807, 2.05) is 44.2 Å². The van der Waals surface area contributed by atoms with Crippen molar-refractivity contribution in [3.63, 3.8) is 0 Å². The van der Waals surface area contributed by atoms with Gasteiger partial charge in [-0.3, -0.25) is 9.79 Å². The van der Waals surface area contributed by atoms with Crippen LogP contribution in [0, 0.1) is 0 Å². The van der Waals surface area contributed by atoms with Crippen LogP contribution in [0.4, 0.5) is 0 Å². The second kappa shape index (κ2) is 7.64. The number of rotatable bonds is 7. The second-order valence-electron chi connectivity index (χ2n) is 5.54. The van der Waals surface area contributed by atoms with Gasteiger partial charge in [-0.05, 0) is 32.3 Å². The van der Waals surface area contributed by atoms with E-state index in [0.29, 0.717) is 19.4 Å². The summed E-state index contributed by atoms with van der Waals surface area (Å²) in [4.78, 5) is 16.0. The average Bonchev–Trinajstić information content (AvgIpc) is 2.43. The first-order chi connectivity index (χ1) is 9.83. The lowest BCUT2D eigenvalue weighted by atomic mass is 9.93. The van der Waals surface area contributed by atoms with Gasteiger partial charge in [-0.2, -0.15) is 0 Å². The molecule has 0 saturated carbocycles. The first-order valence-corrected chi connectivity index (χ1v) is 7.01. The summed E-state index contributed by atoms with van der Waals surface area (Å²) in [5.41, 5.74) is 16.9. The van der Waals surface area contributed by atoms with Gasteiger partial charge < -0.3 is 22.5 Å². The van der Waals surface area contributed by atoms with Gasteiger partial charge in [0.25, 0.3) is 0 Å². The van der Waals surface area contributed by atoms with Gasteiger partial charge >= 0.3 is 0 Å². The van der Waals surface area contributed by atoms with Gasteiger partial charge in [0.15, 0.2) is 5.96 Å². The molecule has 0 saturated heterocycles. The van der Waals surface area contributed by atoms with Crippen molar-refractivity contribution in [1.29, 1.82) is 0 Å². The number of nitrogens with one attached hydrogen (secondary N) is 1. The van der Waals surface area contributed by atoms with Crippen LogP contribution in [0.3, 0.4) is 0 Å². The van der Waals surface area contributed by atoms with E-state index < -0.39 is 11.6 Å². The van der Waals surface area contributed by atoms with Crippen LogP contribution in [0.25, 0.3) is 0 Å². The Kier molecular flexibility index (Phi) is 6.17. The maximum atomic E-state index is 12.1. The van der Waals surface area contributed by atoms with Crippen molar-refractivity contribution in [2.24, 2.45) is 22.2 Å². The van der Waals surface area contributed by atoms with Crippen LogP contribution >= 0.6 is 0 Å². The predicted octanol–water partition coefficient (Wildman–Crippen LogP) is 0.419. The molecule has 6 nitrogen and oxygen atoms in total. The Balaban J connectivity index is 2.50. The molecule has 1 rings (SSSR count). The van der Waals surface area contributed by atoms with E-state index in [2.05, 4.69) is 10.3 Å². The summed E-state index contributed by atoms with van der Waals surface area (Å²) in [6.45, 7) is 4.38. The molecule has 0 fully saturated rings. The third-order valence-corrected chi connectivity index (χ3v) is 3.24. The normalized spacial score (nSPS) is 12.5. The van der Waals surface area contributed by atoms with Crippen LogP contribution in [0.1, 0.15) is 32.3 Å². The molecule has 0 aliphatic carbocycles. The van der Waals surface area contributed by atoms with E-state index >= 15 is 0 Å². The number of nitrogens with zero attached hydrogens (tertiary/aromatic N) is 1. The largest absolute Gasteiger partial charge is 0.370 e. The summed E-state index contributed by atoms with van der Waals surface area (Å²) >= 11 is 0. The molecule has 1 aromatic rings. The van der Waals surface area contributed by atoms with Crippen molar-refractivity contribution in [3.05, 3.63) is 35.9 Å². The van der Waals surface area contributed by atoms with Crippen molar-refractivity contribution in [1.82, 2.24) is 5.32 Å². The predicted molar refractivity (Wildman–Crippen MR) is 85.5 cm³/mol. The molecule has 6 heteroatoms. The minimum absolute atomic E-state index is 0.0539. The zero-order chi connectivity index (χ0) is 15.9. The highest BCUT2D eigenvalue weighted by atomic mass is 16.2. The molecule has 0 aliphatic heterocycles. The standard InChI is InChI=1S/C15H25N5O/c1-15(2,11-7-4-3-5-8-11)20-13(21)12(16)9-6-10-19-14(17)18/h3-5,7-8,12H,6,9-10,16H2,1-2H3,(H,20,21)(H4,17,18,19)/t12-/m0/s1. The number of nitrogens with two attached hydrogens (primary N) is 3. The minimum atomic E-state index is -0.567. The molecule has 0 unspecified atom stereocenters. The van der Waals surface area contributed by atoms with E-state index in [-0.39, 0.29) is 11.9 Å². The lowest BCUT2D eigenvalue weighted by Gasteiger charge is -2.28. The quantitative estimate of drug-likeness (QED) is 0.330. The van der Waals surface area contributed by atoms with Gasteiger partial charge in [-0.1, -0.05) is 30.3 Å². The number of carbonyl (C=O) groups excluding carboxylic acids is 1. The summed E-state index contributed by atoms with van der Waals surface area (Å²) in [5, 5.41) is 2.97. The summed E-state index contributed by atoms with van der Waals surface area (Å²) < 4.78 is 0. The zero-order valence-corrected chi connectivity index (χ0v) is 12.7.